The number of benzene rings is 1. The number of nitrogens with zero attached hydrogens (tertiary/aromatic N) is 1. The summed E-state index contributed by atoms with van der Waals surface area (Å²) in [5, 5.41) is 0. The molecule has 98 valence electrons. The molecule has 0 spiro atoms. The van der Waals surface area contributed by atoms with Crippen molar-refractivity contribution < 1.29 is 0 Å². The van der Waals surface area contributed by atoms with Gasteiger partial charge in [-0.05, 0) is 43.4 Å². The van der Waals surface area contributed by atoms with Crippen molar-refractivity contribution in [2.24, 2.45) is 5.73 Å². The van der Waals surface area contributed by atoms with Gasteiger partial charge in [-0.3, -0.25) is 0 Å². The third kappa shape index (κ3) is 1.74. The lowest BCUT2D eigenvalue weighted by Crippen LogP contribution is -2.32. The molecule has 0 radical (unpaired) electrons. The molecule has 1 aliphatic heterocycles. The maximum absolute atomic E-state index is 6.09. The predicted octanol–water partition coefficient (Wildman–Crippen LogP) is 2.84. The lowest BCUT2D eigenvalue weighted by Gasteiger charge is -2.28. The highest BCUT2D eigenvalue weighted by atomic mass is 15.1. The first-order chi connectivity index (χ1) is 8.79. The maximum Gasteiger partial charge on any atom is 0.0399 e. The lowest BCUT2D eigenvalue weighted by atomic mass is 9.78. The molecule has 2 aliphatic rings. The molecule has 0 amide bonds. The maximum atomic E-state index is 6.09. The van der Waals surface area contributed by atoms with Crippen molar-refractivity contribution in [2.75, 3.05) is 24.5 Å². The lowest BCUT2D eigenvalue weighted by molar-refractivity contribution is 0.453. The second kappa shape index (κ2) is 4.58. The first kappa shape index (κ1) is 12.0. The van der Waals surface area contributed by atoms with Gasteiger partial charge >= 0.3 is 0 Å². The van der Waals surface area contributed by atoms with Crippen molar-refractivity contribution in [1.82, 2.24) is 0 Å². The van der Waals surface area contributed by atoms with Crippen LogP contribution in [0.3, 0.4) is 0 Å². The minimum atomic E-state index is 0.286. The van der Waals surface area contributed by atoms with Crippen LogP contribution >= 0.6 is 0 Å². The Morgan fingerprint density at radius 1 is 1.28 bits per heavy atom. The fourth-order valence-corrected chi connectivity index (χ4v) is 3.79. The Kier molecular flexibility index (Phi) is 3.06. The molecule has 2 N–H and O–H groups in total. The molecule has 0 bridgehead atoms. The molecule has 0 saturated heterocycles. The Balaban J connectivity index is 1.95. The van der Waals surface area contributed by atoms with E-state index in [2.05, 4.69) is 30.0 Å². The molecule has 0 atom stereocenters. The zero-order valence-electron chi connectivity index (χ0n) is 11.4. The van der Waals surface area contributed by atoms with E-state index < -0.39 is 0 Å². The highest BCUT2D eigenvalue weighted by Gasteiger charge is 2.35. The SMILES string of the molecule is CCN1CCc2cc(C3(CN)CCCC3)ccc21. The molecule has 1 fully saturated rings. The van der Waals surface area contributed by atoms with E-state index in [-0.39, 0.29) is 5.41 Å². The molecule has 0 unspecified atom stereocenters. The standard InChI is InChI=1S/C16H24N2/c1-2-18-10-7-13-11-14(5-6-15(13)18)16(12-17)8-3-4-9-16/h5-6,11H,2-4,7-10,12,17H2,1H3. The molecule has 1 aromatic rings. The van der Waals surface area contributed by atoms with E-state index >= 15 is 0 Å². The van der Waals surface area contributed by atoms with Crippen LogP contribution in [0.15, 0.2) is 18.2 Å². The fourth-order valence-electron chi connectivity index (χ4n) is 3.79. The Morgan fingerprint density at radius 3 is 2.72 bits per heavy atom. The largest absolute Gasteiger partial charge is 0.371 e. The van der Waals surface area contributed by atoms with E-state index in [1.54, 1.807) is 0 Å². The third-order valence-corrected chi connectivity index (χ3v) is 5.02. The summed E-state index contributed by atoms with van der Waals surface area (Å²) in [6.07, 6.45) is 6.45. The van der Waals surface area contributed by atoms with Gasteiger partial charge in [0.15, 0.2) is 0 Å². The molecule has 18 heavy (non-hydrogen) atoms. The van der Waals surface area contributed by atoms with E-state index in [4.69, 9.17) is 5.73 Å². The summed E-state index contributed by atoms with van der Waals surface area (Å²) in [4.78, 5) is 2.48. The van der Waals surface area contributed by atoms with Gasteiger partial charge in [0.25, 0.3) is 0 Å². The third-order valence-electron chi connectivity index (χ3n) is 5.02. The molecule has 2 nitrogen and oxygen atoms in total. The number of fused-ring (bicyclic) bond motifs is 1. The Morgan fingerprint density at radius 2 is 2.06 bits per heavy atom. The summed E-state index contributed by atoms with van der Waals surface area (Å²) < 4.78 is 0. The van der Waals surface area contributed by atoms with Crippen molar-refractivity contribution >= 4 is 5.69 Å². The summed E-state index contributed by atoms with van der Waals surface area (Å²) in [6, 6.07) is 7.12. The van der Waals surface area contributed by atoms with E-state index in [9.17, 15) is 0 Å². The van der Waals surface area contributed by atoms with Crippen molar-refractivity contribution in [3.8, 4) is 0 Å². The quantitative estimate of drug-likeness (QED) is 0.886. The van der Waals surface area contributed by atoms with Crippen LogP contribution in [-0.4, -0.2) is 19.6 Å². The summed E-state index contributed by atoms with van der Waals surface area (Å²) in [6.45, 7) is 5.35. The van der Waals surface area contributed by atoms with Gasteiger partial charge in [-0.2, -0.15) is 0 Å². The molecule has 0 aromatic heterocycles. The highest BCUT2D eigenvalue weighted by Crippen LogP contribution is 2.42. The Labute approximate surface area is 110 Å². The van der Waals surface area contributed by atoms with Crippen LogP contribution in [0.25, 0.3) is 0 Å². The molecular weight excluding hydrogens is 220 g/mol. The number of hydrogen-bond acceptors (Lipinski definition) is 2. The predicted molar refractivity (Wildman–Crippen MR) is 77.2 cm³/mol. The molecule has 1 saturated carbocycles. The molecule has 1 heterocycles. The van der Waals surface area contributed by atoms with Gasteiger partial charge in [0.05, 0.1) is 0 Å². The fraction of sp³-hybridized carbons (Fsp3) is 0.625. The zero-order valence-corrected chi connectivity index (χ0v) is 11.4. The van der Waals surface area contributed by atoms with Crippen molar-refractivity contribution in [1.29, 1.82) is 0 Å². The number of hydrogen-bond donors (Lipinski definition) is 1. The van der Waals surface area contributed by atoms with Crippen LogP contribution in [0.5, 0.6) is 0 Å². The van der Waals surface area contributed by atoms with Gasteiger partial charge < -0.3 is 10.6 Å². The molecular formula is C16H24N2. The second-order valence-electron chi connectivity index (χ2n) is 5.86. The Hall–Kier alpha value is -1.02. The van der Waals surface area contributed by atoms with Crippen LogP contribution in [0, 0.1) is 0 Å². The van der Waals surface area contributed by atoms with Gasteiger partial charge in [-0.1, -0.05) is 25.0 Å². The zero-order chi connectivity index (χ0) is 12.6. The molecule has 1 aliphatic carbocycles. The summed E-state index contributed by atoms with van der Waals surface area (Å²) in [5.74, 6) is 0. The van der Waals surface area contributed by atoms with Crippen molar-refractivity contribution in [2.45, 2.75) is 44.4 Å². The summed E-state index contributed by atoms with van der Waals surface area (Å²) in [7, 11) is 0. The number of rotatable bonds is 3. The minimum absolute atomic E-state index is 0.286. The summed E-state index contributed by atoms with van der Waals surface area (Å²) in [5.41, 5.74) is 10.9. The average molecular weight is 244 g/mol. The first-order valence-electron chi connectivity index (χ1n) is 7.37. The van der Waals surface area contributed by atoms with Crippen molar-refractivity contribution in [3.05, 3.63) is 29.3 Å². The second-order valence-corrected chi connectivity index (χ2v) is 5.86. The van der Waals surface area contributed by atoms with Gasteiger partial charge in [0.2, 0.25) is 0 Å². The Bertz CT molecular complexity index is 433. The number of nitrogens with two attached hydrogens (primary N) is 1. The van der Waals surface area contributed by atoms with Gasteiger partial charge in [0, 0.05) is 30.7 Å². The normalized spacial score (nSPS) is 21.3. The number of anilines is 1. The van der Waals surface area contributed by atoms with Crippen LogP contribution < -0.4 is 10.6 Å². The van der Waals surface area contributed by atoms with Crippen LogP contribution in [-0.2, 0) is 11.8 Å². The van der Waals surface area contributed by atoms with Crippen molar-refractivity contribution in [3.63, 3.8) is 0 Å². The number of likely N-dealkylation sites (N-methyl/N-ethyl adjacent to an activating group) is 1. The molecule has 1 aromatic carbocycles. The topological polar surface area (TPSA) is 29.3 Å². The van der Waals surface area contributed by atoms with Crippen LogP contribution in [0.2, 0.25) is 0 Å². The monoisotopic (exact) mass is 244 g/mol. The van der Waals surface area contributed by atoms with E-state index in [1.807, 2.05) is 0 Å². The average Bonchev–Trinajstić information content (AvgIpc) is 3.05. The van der Waals surface area contributed by atoms with Crippen LogP contribution in [0.1, 0.15) is 43.7 Å². The van der Waals surface area contributed by atoms with E-state index in [0.29, 0.717) is 0 Å². The highest BCUT2D eigenvalue weighted by molar-refractivity contribution is 5.59. The van der Waals surface area contributed by atoms with Gasteiger partial charge in [-0.15, -0.1) is 0 Å². The smallest absolute Gasteiger partial charge is 0.0399 e. The van der Waals surface area contributed by atoms with E-state index in [0.717, 1.165) is 13.1 Å². The van der Waals surface area contributed by atoms with Gasteiger partial charge in [-0.25, -0.2) is 0 Å². The molecule has 3 rings (SSSR count). The minimum Gasteiger partial charge on any atom is -0.371 e. The summed E-state index contributed by atoms with van der Waals surface area (Å²) >= 11 is 0. The van der Waals surface area contributed by atoms with Crippen LogP contribution in [0.4, 0.5) is 5.69 Å². The first-order valence-corrected chi connectivity index (χ1v) is 7.37. The van der Waals surface area contributed by atoms with E-state index in [1.165, 1.54) is 55.5 Å². The molecule has 2 heteroatoms. The van der Waals surface area contributed by atoms with Gasteiger partial charge in [0.1, 0.15) is 0 Å².